The lowest BCUT2D eigenvalue weighted by Gasteiger charge is -2.21. The zero-order valence-corrected chi connectivity index (χ0v) is 14.8. The van der Waals surface area contributed by atoms with Crippen molar-refractivity contribution in [1.29, 1.82) is 0 Å². The van der Waals surface area contributed by atoms with Gasteiger partial charge in [-0.15, -0.1) is 0 Å². The van der Waals surface area contributed by atoms with E-state index in [2.05, 4.69) is 15.3 Å². The normalized spacial score (nSPS) is 16.1. The molecule has 0 aliphatic heterocycles. The molecule has 0 radical (unpaired) electrons. The zero-order valence-electron chi connectivity index (χ0n) is 14.8. The van der Waals surface area contributed by atoms with Gasteiger partial charge in [0.05, 0.1) is 6.33 Å². The highest BCUT2D eigenvalue weighted by Gasteiger charge is 2.35. The first-order valence-corrected chi connectivity index (χ1v) is 8.86. The minimum absolute atomic E-state index is 0.0254. The van der Waals surface area contributed by atoms with Gasteiger partial charge >= 0.3 is 12.1 Å². The molecule has 1 aliphatic rings. The molecule has 0 spiro atoms. The molecular weight excluding hydrogens is 377 g/mol. The minimum Gasteiger partial charge on any atom is -0.477 e. The smallest absolute Gasteiger partial charge is 0.434 e. The van der Waals surface area contributed by atoms with Crippen LogP contribution in [0.2, 0.25) is 0 Å². The first kappa shape index (κ1) is 19.8. The van der Waals surface area contributed by atoms with Crippen LogP contribution in [0.3, 0.4) is 0 Å². The topological polar surface area (TPSA) is 97.1 Å². The number of nitrogens with zero attached hydrogens (tertiary/aromatic N) is 3. The zero-order chi connectivity index (χ0) is 20.3. The molecule has 0 saturated heterocycles. The van der Waals surface area contributed by atoms with E-state index in [1.807, 2.05) is 0 Å². The number of aromatic carboxylic acids is 1. The summed E-state index contributed by atoms with van der Waals surface area (Å²) >= 11 is 0. The summed E-state index contributed by atoms with van der Waals surface area (Å²) in [5.41, 5.74) is -1.31. The van der Waals surface area contributed by atoms with Crippen molar-refractivity contribution in [2.45, 2.75) is 44.3 Å². The number of nitrogens with one attached hydrogen (secondary N) is 1. The Hall–Kier alpha value is -2.91. The van der Waals surface area contributed by atoms with Gasteiger partial charge in [-0.25, -0.2) is 14.8 Å². The molecule has 1 amide bonds. The molecule has 1 fully saturated rings. The largest absolute Gasteiger partial charge is 0.477 e. The third kappa shape index (κ3) is 4.68. The fraction of sp³-hybridized carbons (Fsp3) is 0.444. The van der Waals surface area contributed by atoms with E-state index in [0.29, 0.717) is 6.42 Å². The van der Waals surface area contributed by atoms with Crippen LogP contribution in [0.25, 0.3) is 0 Å². The molecule has 0 unspecified atom stereocenters. The number of carboxylic acids is 1. The summed E-state index contributed by atoms with van der Waals surface area (Å²) in [5.74, 6) is -1.56. The van der Waals surface area contributed by atoms with E-state index in [4.69, 9.17) is 5.11 Å². The second kappa shape index (κ2) is 7.99. The van der Waals surface area contributed by atoms with Crippen molar-refractivity contribution in [3.63, 3.8) is 0 Å². The number of aromatic nitrogens is 3. The Morgan fingerprint density at radius 2 is 2.00 bits per heavy atom. The monoisotopic (exact) mass is 396 g/mol. The number of halogens is 3. The number of carbonyl (C=O) groups is 2. The van der Waals surface area contributed by atoms with Gasteiger partial charge in [-0.1, -0.05) is 31.7 Å². The second-order valence-electron chi connectivity index (χ2n) is 6.81. The molecule has 0 aromatic carbocycles. The molecular formula is C18H19F3N4O3. The number of rotatable bonds is 6. The lowest BCUT2D eigenvalue weighted by Crippen LogP contribution is -2.27. The molecule has 28 heavy (non-hydrogen) atoms. The molecule has 1 atom stereocenters. The number of carboxylic acid groups (broad SMARTS) is 1. The summed E-state index contributed by atoms with van der Waals surface area (Å²) in [6.45, 7) is 0. The quantitative estimate of drug-likeness (QED) is 0.775. The Bertz CT molecular complexity index is 860. The summed E-state index contributed by atoms with van der Waals surface area (Å²) in [4.78, 5) is 31.0. The van der Waals surface area contributed by atoms with Crippen LogP contribution < -0.4 is 5.32 Å². The highest BCUT2D eigenvalue weighted by molar-refractivity contribution is 5.93. The highest BCUT2D eigenvalue weighted by Crippen LogP contribution is 2.34. The van der Waals surface area contributed by atoms with E-state index in [1.165, 1.54) is 18.2 Å². The molecule has 2 heterocycles. The predicted octanol–water partition coefficient (Wildman–Crippen LogP) is 3.76. The lowest BCUT2D eigenvalue weighted by atomic mass is 9.97. The van der Waals surface area contributed by atoms with E-state index in [1.54, 1.807) is 0 Å². The standard InChI is InChI=1S/C18H19F3N4O3/c19-18(20,21)14-9-25(10-22-14)13(8-11-4-1-2-5-11)16(26)24-15-7-3-6-12(23-15)17(27)28/h3,6-7,9-11,13H,1-2,4-5,8H2,(H,27,28)(H,23,24,26)/t13-/m0/s1. The van der Waals surface area contributed by atoms with Crippen LogP contribution in [0.1, 0.15) is 54.3 Å². The molecule has 1 saturated carbocycles. The summed E-state index contributed by atoms with van der Waals surface area (Å²) in [7, 11) is 0. The van der Waals surface area contributed by atoms with Gasteiger partial charge in [-0.2, -0.15) is 13.2 Å². The van der Waals surface area contributed by atoms with Gasteiger partial charge in [-0.05, 0) is 24.5 Å². The van der Waals surface area contributed by atoms with E-state index in [9.17, 15) is 22.8 Å². The van der Waals surface area contributed by atoms with E-state index in [0.717, 1.165) is 42.8 Å². The molecule has 10 heteroatoms. The van der Waals surface area contributed by atoms with Crippen molar-refractivity contribution in [2.75, 3.05) is 5.32 Å². The van der Waals surface area contributed by atoms with Crippen molar-refractivity contribution in [1.82, 2.24) is 14.5 Å². The molecule has 7 nitrogen and oxygen atoms in total. The molecule has 2 aromatic heterocycles. The molecule has 1 aliphatic carbocycles. The summed E-state index contributed by atoms with van der Waals surface area (Å²) in [6.07, 6.45) is 1.48. The summed E-state index contributed by atoms with van der Waals surface area (Å²) in [5, 5.41) is 11.5. The predicted molar refractivity (Wildman–Crippen MR) is 92.7 cm³/mol. The van der Waals surface area contributed by atoms with Crippen LogP contribution in [-0.2, 0) is 11.0 Å². The summed E-state index contributed by atoms with van der Waals surface area (Å²) in [6, 6.07) is 3.23. The Morgan fingerprint density at radius 1 is 1.29 bits per heavy atom. The van der Waals surface area contributed by atoms with Crippen LogP contribution in [0.4, 0.5) is 19.0 Å². The first-order chi connectivity index (χ1) is 13.2. The SMILES string of the molecule is O=C(O)c1cccc(NC(=O)[C@H](CC2CCCC2)n2cnc(C(F)(F)F)c2)n1. The van der Waals surface area contributed by atoms with Crippen molar-refractivity contribution in [2.24, 2.45) is 5.92 Å². The van der Waals surface area contributed by atoms with Crippen molar-refractivity contribution >= 4 is 17.7 Å². The van der Waals surface area contributed by atoms with Crippen LogP contribution in [0.15, 0.2) is 30.7 Å². The third-order valence-corrected chi connectivity index (χ3v) is 4.81. The van der Waals surface area contributed by atoms with Crippen LogP contribution in [0, 0.1) is 5.92 Å². The van der Waals surface area contributed by atoms with Crippen molar-refractivity contribution in [3.05, 3.63) is 42.1 Å². The van der Waals surface area contributed by atoms with Crippen molar-refractivity contribution < 1.29 is 27.9 Å². The number of anilines is 1. The van der Waals surface area contributed by atoms with E-state index >= 15 is 0 Å². The number of alkyl halides is 3. The minimum atomic E-state index is -4.60. The Balaban J connectivity index is 1.83. The Labute approximate surface area is 158 Å². The average Bonchev–Trinajstić information content (AvgIpc) is 3.31. The van der Waals surface area contributed by atoms with Gasteiger partial charge in [0, 0.05) is 6.20 Å². The maximum absolute atomic E-state index is 12.9. The number of hydrogen-bond donors (Lipinski definition) is 2. The lowest BCUT2D eigenvalue weighted by molar-refractivity contribution is -0.141. The maximum Gasteiger partial charge on any atom is 0.434 e. The Morgan fingerprint density at radius 3 is 2.61 bits per heavy atom. The molecule has 150 valence electrons. The van der Waals surface area contributed by atoms with Crippen LogP contribution in [0.5, 0.6) is 0 Å². The van der Waals surface area contributed by atoms with Gasteiger partial charge < -0.3 is 15.0 Å². The number of carbonyl (C=O) groups excluding carboxylic acids is 1. The van der Waals surface area contributed by atoms with Gasteiger partial charge in [0.2, 0.25) is 5.91 Å². The first-order valence-electron chi connectivity index (χ1n) is 8.86. The van der Waals surface area contributed by atoms with Crippen LogP contribution >= 0.6 is 0 Å². The fourth-order valence-corrected chi connectivity index (χ4v) is 3.41. The van der Waals surface area contributed by atoms with Gasteiger partial charge in [0.15, 0.2) is 11.4 Å². The highest BCUT2D eigenvalue weighted by atomic mass is 19.4. The molecule has 2 aromatic rings. The number of hydrogen-bond acceptors (Lipinski definition) is 4. The summed E-state index contributed by atoms with van der Waals surface area (Å²) < 4.78 is 39.9. The van der Waals surface area contributed by atoms with Crippen LogP contribution in [-0.4, -0.2) is 31.5 Å². The average molecular weight is 396 g/mol. The van der Waals surface area contributed by atoms with E-state index in [-0.39, 0.29) is 17.4 Å². The number of amides is 1. The fourth-order valence-electron chi connectivity index (χ4n) is 3.41. The van der Waals surface area contributed by atoms with Gasteiger partial charge in [0.1, 0.15) is 11.9 Å². The number of imidazole rings is 1. The van der Waals surface area contributed by atoms with Crippen molar-refractivity contribution in [3.8, 4) is 0 Å². The maximum atomic E-state index is 12.9. The molecule has 3 rings (SSSR count). The van der Waals surface area contributed by atoms with Gasteiger partial charge in [-0.3, -0.25) is 4.79 Å². The second-order valence-corrected chi connectivity index (χ2v) is 6.81. The number of pyridine rings is 1. The van der Waals surface area contributed by atoms with E-state index < -0.39 is 29.8 Å². The third-order valence-electron chi connectivity index (χ3n) is 4.81. The molecule has 0 bridgehead atoms. The molecule has 2 N–H and O–H groups in total. The Kier molecular flexibility index (Phi) is 5.66. The van der Waals surface area contributed by atoms with Gasteiger partial charge in [0.25, 0.3) is 0 Å².